The zero-order chi connectivity index (χ0) is 13.6. The van der Waals surface area contributed by atoms with Crippen molar-refractivity contribution in [3.8, 4) is 5.75 Å². The predicted octanol–water partition coefficient (Wildman–Crippen LogP) is 1.49. The summed E-state index contributed by atoms with van der Waals surface area (Å²) in [6.45, 7) is 1.96. The Hall–Kier alpha value is -1.82. The molecule has 1 fully saturated rings. The summed E-state index contributed by atoms with van der Waals surface area (Å²) in [5, 5.41) is 6.88. The minimum atomic E-state index is -0.493. The van der Waals surface area contributed by atoms with Crippen molar-refractivity contribution in [2.24, 2.45) is 0 Å². The molecule has 0 aromatic heterocycles. The molecule has 2 bridgehead atoms. The van der Waals surface area contributed by atoms with Gasteiger partial charge in [-0.1, -0.05) is 0 Å². The Morgan fingerprint density at radius 3 is 3.11 bits per heavy atom. The first kappa shape index (κ1) is 12.2. The van der Waals surface area contributed by atoms with Crippen LogP contribution < -0.4 is 15.4 Å². The fraction of sp³-hybridized carbons (Fsp3) is 0.385. The molecule has 0 amide bonds. The Kier molecular flexibility index (Phi) is 2.63. The van der Waals surface area contributed by atoms with Crippen LogP contribution in [0.15, 0.2) is 18.2 Å². The van der Waals surface area contributed by atoms with E-state index >= 15 is 0 Å². The van der Waals surface area contributed by atoms with Gasteiger partial charge in [-0.2, -0.15) is 0 Å². The van der Waals surface area contributed by atoms with Crippen molar-refractivity contribution in [1.82, 2.24) is 10.6 Å². The van der Waals surface area contributed by atoms with E-state index in [4.69, 9.17) is 21.7 Å². The number of carbonyl (C=O) groups is 1. The van der Waals surface area contributed by atoms with E-state index < -0.39 is 5.72 Å². The summed E-state index contributed by atoms with van der Waals surface area (Å²) < 4.78 is 10.7. The third-order valence-electron chi connectivity index (χ3n) is 3.42. The SMILES string of the molecule is COC(=O)c1ccc2c(c1)C1CC(C)(NC(=S)N1)O2. The van der Waals surface area contributed by atoms with E-state index in [9.17, 15) is 4.79 Å². The van der Waals surface area contributed by atoms with Crippen LogP contribution in [0.2, 0.25) is 0 Å². The summed E-state index contributed by atoms with van der Waals surface area (Å²) in [4.78, 5) is 11.6. The lowest BCUT2D eigenvalue weighted by Gasteiger charge is -2.45. The number of hydrogen-bond donors (Lipinski definition) is 2. The van der Waals surface area contributed by atoms with Crippen molar-refractivity contribution in [3.63, 3.8) is 0 Å². The Bertz CT molecular complexity index is 575. The molecule has 1 aromatic carbocycles. The van der Waals surface area contributed by atoms with E-state index in [0.717, 1.165) is 17.7 Å². The Labute approximate surface area is 116 Å². The highest BCUT2D eigenvalue weighted by Gasteiger charge is 2.42. The van der Waals surface area contributed by atoms with Gasteiger partial charge in [-0.05, 0) is 37.3 Å². The van der Waals surface area contributed by atoms with E-state index in [2.05, 4.69) is 10.6 Å². The van der Waals surface area contributed by atoms with E-state index in [1.165, 1.54) is 7.11 Å². The average Bonchev–Trinajstić information content (AvgIpc) is 2.36. The highest BCUT2D eigenvalue weighted by molar-refractivity contribution is 7.80. The summed E-state index contributed by atoms with van der Waals surface area (Å²) in [6, 6.07) is 5.34. The van der Waals surface area contributed by atoms with Gasteiger partial charge >= 0.3 is 5.97 Å². The molecular formula is C13H14N2O3S. The first-order valence-electron chi connectivity index (χ1n) is 6.01. The maximum atomic E-state index is 11.6. The molecule has 0 aliphatic carbocycles. The summed E-state index contributed by atoms with van der Waals surface area (Å²) in [6.07, 6.45) is 0.741. The molecule has 5 nitrogen and oxygen atoms in total. The van der Waals surface area contributed by atoms with Crippen molar-refractivity contribution in [2.45, 2.75) is 25.1 Å². The highest BCUT2D eigenvalue weighted by atomic mass is 32.1. The van der Waals surface area contributed by atoms with Crippen LogP contribution >= 0.6 is 12.2 Å². The molecule has 0 saturated carbocycles. The van der Waals surface area contributed by atoms with Crippen LogP contribution in [0.5, 0.6) is 5.75 Å². The molecule has 2 N–H and O–H groups in total. The second-order valence-corrected chi connectivity index (χ2v) is 5.34. The van der Waals surface area contributed by atoms with E-state index in [-0.39, 0.29) is 12.0 Å². The lowest BCUT2D eigenvalue weighted by molar-refractivity contribution is 0.0250. The van der Waals surface area contributed by atoms with Gasteiger partial charge in [-0.15, -0.1) is 0 Å². The molecule has 2 atom stereocenters. The minimum Gasteiger partial charge on any atom is -0.468 e. The van der Waals surface area contributed by atoms with Gasteiger partial charge in [0.25, 0.3) is 0 Å². The monoisotopic (exact) mass is 278 g/mol. The molecule has 0 radical (unpaired) electrons. The third kappa shape index (κ3) is 2.02. The number of hydrogen-bond acceptors (Lipinski definition) is 4. The van der Waals surface area contributed by atoms with Crippen molar-refractivity contribution in [2.75, 3.05) is 7.11 Å². The molecule has 1 saturated heterocycles. The maximum Gasteiger partial charge on any atom is 0.337 e. The van der Waals surface area contributed by atoms with E-state index in [0.29, 0.717) is 10.7 Å². The third-order valence-corrected chi connectivity index (χ3v) is 3.64. The zero-order valence-electron chi connectivity index (χ0n) is 10.6. The number of esters is 1. The van der Waals surface area contributed by atoms with Gasteiger partial charge in [-0.25, -0.2) is 4.79 Å². The largest absolute Gasteiger partial charge is 0.468 e. The Morgan fingerprint density at radius 1 is 1.58 bits per heavy atom. The van der Waals surface area contributed by atoms with Crippen molar-refractivity contribution >= 4 is 23.3 Å². The van der Waals surface area contributed by atoms with Crippen LogP contribution in [0.3, 0.4) is 0 Å². The van der Waals surface area contributed by atoms with Crippen molar-refractivity contribution < 1.29 is 14.3 Å². The van der Waals surface area contributed by atoms with Gasteiger partial charge < -0.3 is 20.1 Å². The number of ether oxygens (including phenoxy) is 2. The second-order valence-electron chi connectivity index (χ2n) is 4.93. The number of nitrogens with one attached hydrogen (secondary N) is 2. The van der Waals surface area contributed by atoms with E-state index in [1.807, 2.05) is 6.92 Å². The first-order chi connectivity index (χ1) is 9.00. The summed E-state index contributed by atoms with van der Waals surface area (Å²) in [5.41, 5.74) is 0.955. The fourth-order valence-electron chi connectivity index (χ4n) is 2.58. The van der Waals surface area contributed by atoms with Gasteiger partial charge in [0.15, 0.2) is 10.8 Å². The van der Waals surface area contributed by atoms with Gasteiger partial charge in [0.2, 0.25) is 0 Å². The Morgan fingerprint density at radius 2 is 2.37 bits per heavy atom. The predicted molar refractivity (Wildman–Crippen MR) is 73.0 cm³/mol. The fourth-order valence-corrected chi connectivity index (χ4v) is 2.94. The molecule has 3 rings (SSSR count). The standard InChI is InChI=1S/C13H14N2O3S/c1-13-6-9(14-12(19)15-13)8-5-7(11(16)17-2)3-4-10(8)18-13/h3-5,9H,6H2,1-2H3,(H2,14,15,19). The number of fused-ring (bicyclic) bond motifs is 4. The number of rotatable bonds is 1. The maximum absolute atomic E-state index is 11.6. The van der Waals surface area contributed by atoms with Crippen LogP contribution in [0.4, 0.5) is 0 Å². The molecule has 2 heterocycles. The Balaban J connectivity index is 2.04. The topological polar surface area (TPSA) is 59.6 Å². The van der Waals surface area contributed by atoms with Gasteiger partial charge in [0, 0.05) is 12.0 Å². The van der Waals surface area contributed by atoms with Crippen LogP contribution in [-0.2, 0) is 4.74 Å². The first-order valence-corrected chi connectivity index (χ1v) is 6.41. The normalized spacial score (nSPS) is 27.5. The molecule has 2 unspecified atom stereocenters. The van der Waals surface area contributed by atoms with Gasteiger partial charge in [0.05, 0.1) is 18.7 Å². The zero-order valence-corrected chi connectivity index (χ0v) is 11.5. The number of thiocarbonyl (C=S) groups is 1. The quantitative estimate of drug-likeness (QED) is 0.599. The van der Waals surface area contributed by atoms with Gasteiger partial charge in [0.1, 0.15) is 5.75 Å². The van der Waals surface area contributed by atoms with Crippen LogP contribution in [-0.4, -0.2) is 23.9 Å². The molecular weight excluding hydrogens is 264 g/mol. The molecule has 0 spiro atoms. The van der Waals surface area contributed by atoms with Crippen molar-refractivity contribution in [3.05, 3.63) is 29.3 Å². The molecule has 2 aliphatic rings. The number of carbonyl (C=O) groups excluding carboxylic acids is 1. The minimum absolute atomic E-state index is 0.0482. The molecule has 1 aromatic rings. The van der Waals surface area contributed by atoms with E-state index in [1.54, 1.807) is 18.2 Å². The van der Waals surface area contributed by atoms with Crippen LogP contribution in [0, 0.1) is 0 Å². The lowest BCUT2D eigenvalue weighted by atomic mass is 9.91. The molecule has 6 heteroatoms. The number of methoxy groups -OCH3 is 1. The van der Waals surface area contributed by atoms with Gasteiger partial charge in [-0.3, -0.25) is 0 Å². The lowest BCUT2D eigenvalue weighted by Crippen LogP contribution is -2.62. The number of benzene rings is 1. The average molecular weight is 278 g/mol. The van der Waals surface area contributed by atoms with Crippen LogP contribution in [0.25, 0.3) is 0 Å². The second kappa shape index (κ2) is 4.09. The van der Waals surface area contributed by atoms with Crippen molar-refractivity contribution in [1.29, 1.82) is 0 Å². The van der Waals surface area contributed by atoms with Crippen LogP contribution in [0.1, 0.15) is 35.3 Å². The smallest absolute Gasteiger partial charge is 0.337 e. The molecule has 19 heavy (non-hydrogen) atoms. The summed E-state index contributed by atoms with van der Waals surface area (Å²) in [5.74, 6) is 0.404. The summed E-state index contributed by atoms with van der Waals surface area (Å²) >= 11 is 5.17. The highest BCUT2D eigenvalue weighted by Crippen LogP contribution is 2.40. The molecule has 2 aliphatic heterocycles. The summed E-state index contributed by atoms with van der Waals surface area (Å²) in [7, 11) is 1.37. The molecule has 100 valence electrons.